The third-order valence-electron chi connectivity index (χ3n) is 2.41. The van der Waals surface area contributed by atoms with E-state index in [1.54, 1.807) is 7.05 Å². The van der Waals surface area contributed by atoms with Gasteiger partial charge in [0.1, 0.15) is 5.69 Å². The first-order chi connectivity index (χ1) is 6.12. The summed E-state index contributed by atoms with van der Waals surface area (Å²) in [5, 5.41) is 10.9. The van der Waals surface area contributed by atoms with Crippen LogP contribution in [0.5, 0.6) is 0 Å². The molecule has 13 heavy (non-hydrogen) atoms. The fourth-order valence-corrected chi connectivity index (χ4v) is 1.42. The van der Waals surface area contributed by atoms with E-state index in [4.69, 9.17) is 0 Å². The van der Waals surface area contributed by atoms with Crippen LogP contribution in [-0.2, 0) is 7.05 Å². The highest BCUT2D eigenvalue weighted by Gasteiger charge is 2.40. The van der Waals surface area contributed by atoms with E-state index < -0.39 is 0 Å². The van der Waals surface area contributed by atoms with Crippen LogP contribution in [0.3, 0.4) is 0 Å². The van der Waals surface area contributed by atoms with Crippen molar-refractivity contribution in [1.29, 1.82) is 0 Å². The quantitative estimate of drug-likeness (QED) is 0.629. The average Bonchev–Trinajstić information content (AvgIpc) is 2.46. The Morgan fingerprint density at radius 3 is 2.77 bits per heavy atom. The van der Waals surface area contributed by atoms with Gasteiger partial charge in [-0.15, -0.1) is 0 Å². The maximum Gasteiger partial charge on any atom is 0.193 e. The minimum atomic E-state index is -0.268. The molecular weight excluding hydrogens is 168 g/mol. The van der Waals surface area contributed by atoms with Gasteiger partial charge in [0.15, 0.2) is 5.78 Å². The van der Waals surface area contributed by atoms with Crippen molar-refractivity contribution in [2.75, 3.05) is 13.1 Å². The van der Waals surface area contributed by atoms with Crippen LogP contribution in [-0.4, -0.2) is 33.9 Å². The van der Waals surface area contributed by atoms with E-state index in [0.717, 1.165) is 13.1 Å². The average molecular weight is 180 g/mol. The summed E-state index contributed by atoms with van der Waals surface area (Å²) in [7, 11) is 1.71. The molecule has 5 nitrogen and oxygen atoms in total. The zero-order valence-electron chi connectivity index (χ0n) is 7.74. The summed E-state index contributed by atoms with van der Waals surface area (Å²) in [6, 6.07) is 0. The highest BCUT2D eigenvalue weighted by molar-refractivity contribution is 5.99. The summed E-state index contributed by atoms with van der Waals surface area (Å²) in [4.78, 5) is 13.2. The molecule has 0 aliphatic carbocycles. The molecule has 0 atom stereocenters. The number of nitrogens with zero attached hydrogens (tertiary/aromatic N) is 3. The minimum absolute atomic E-state index is 0.0827. The standard InChI is InChI=1S/C8H12N4O/c1-8(4-9-5-8)7(13)6-3-10-12(2)11-6/h3,9H,4-5H2,1-2H3. The predicted octanol–water partition coefficient (Wildman–Crippen LogP) is -0.393. The van der Waals surface area contributed by atoms with Gasteiger partial charge < -0.3 is 5.32 Å². The third kappa shape index (κ3) is 1.25. The second-order valence-electron chi connectivity index (χ2n) is 3.71. The Morgan fingerprint density at radius 2 is 2.38 bits per heavy atom. The number of aromatic nitrogens is 3. The molecular formula is C8H12N4O. The first-order valence-electron chi connectivity index (χ1n) is 4.24. The van der Waals surface area contributed by atoms with Crippen molar-refractivity contribution in [1.82, 2.24) is 20.3 Å². The molecule has 1 N–H and O–H groups in total. The van der Waals surface area contributed by atoms with Gasteiger partial charge in [-0.1, -0.05) is 0 Å². The second-order valence-corrected chi connectivity index (χ2v) is 3.71. The molecule has 1 aliphatic rings. The molecule has 0 spiro atoms. The topological polar surface area (TPSA) is 59.8 Å². The Bertz CT molecular complexity index is 340. The van der Waals surface area contributed by atoms with Gasteiger partial charge >= 0.3 is 0 Å². The first-order valence-corrected chi connectivity index (χ1v) is 4.24. The van der Waals surface area contributed by atoms with E-state index >= 15 is 0 Å². The van der Waals surface area contributed by atoms with Gasteiger partial charge in [0.05, 0.1) is 11.6 Å². The SMILES string of the molecule is Cn1ncc(C(=O)C2(C)CNC2)n1. The van der Waals surface area contributed by atoms with Gasteiger partial charge in [-0.2, -0.15) is 15.0 Å². The number of rotatable bonds is 2. The molecule has 0 unspecified atom stereocenters. The van der Waals surface area contributed by atoms with Crippen molar-refractivity contribution in [2.45, 2.75) is 6.92 Å². The van der Waals surface area contributed by atoms with Gasteiger partial charge in [-0.3, -0.25) is 4.79 Å². The Hall–Kier alpha value is -1.23. The normalized spacial score (nSPS) is 19.5. The minimum Gasteiger partial charge on any atom is -0.315 e. The summed E-state index contributed by atoms with van der Waals surface area (Å²) < 4.78 is 0. The molecule has 0 bridgehead atoms. The Labute approximate surface area is 76.1 Å². The van der Waals surface area contributed by atoms with Crippen LogP contribution in [0.4, 0.5) is 0 Å². The number of ketones is 1. The molecule has 70 valence electrons. The lowest BCUT2D eigenvalue weighted by atomic mass is 9.79. The lowest BCUT2D eigenvalue weighted by molar-refractivity contribution is 0.0715. The molecule has 1 aromatic rings. The van der Waals surface area contributed by atoms with E-state index in [1.807, 2.05) is 6.92 Å². The van der Waals surface area contributed by atoms with Crippen molar-refractivity contribution in [3.8, 4) is 0 Å². The molecule has 1 fully saturated rings. The van der Waals surface area contributed by atoms with E-state index in [9.17, 15) is 4.79 Å². The summed E-state index contributed by atoms with van der Waals surface area (Å²) in [5.74, 6) is 0.0827. The monoisotopic (exact) mass is 180 g/mol. The summed E-state index contributed by atoms with van der Waals surface area (Å²) in [6.45, 7) is 3.42. The number of hydrogen-bond acceptors (Lipinski definition) is 4. The smallest absolute Gasteiger partial charge is 0.193 e. The van der Waals surface area contributed by atoms with E-state index in [-0.39, 0.29) is 11.2 Å². The van der Waals surface area contributed by atoms with Crippen LogP contribution in [0.15, 0.2) is 6.20 Å². The first kappa shape index (κ1) is 8.37. The van der Waals surface area contributed by atoms with Crippen molar-refractivity contribution in [3.63, 3.8) is 0 Å². The lowest BCUT2D eigenvalue weighted by Gasteiger charge is -2.36. The highest BCUT2D eigenvalue weighted by atomic mass is 16.1. The van der Waals surface area contributed by atoms with Crippen LogP contribution in [0.25, 0.3) is 0 Å². The van der Waals surface area contributed by atoms with E-state index in [1.165, 1.54) is 11.0 Å². The van der Waals surface area contributed by atoms with Gasteiger partial charge in [0.2, 0.25) is 0 Å². The van der Waals surface area contributed by atoms with Gasteiger partial charge in [-0.05, 0) is 6.92 Å². The molecule has 5 heteroatoms. The summed E-state index contributed by atoms with van der Waals surface area (Å²) >= 11 is 0. The van der Waals surface area contributed by atoms with Crippen LogP contribution in [0.1, 0.15) is 17.4 Å². The molecule has 1 aromatic heterocycles. The number of carbonyl (C=O) groups is 1. The fourth-order valence-electron chi connectivity index (χ4n) is 1.42. The Morgan fingerprint density at radius 1 is 1.69 bits per heavy atom. The van der Waals surface area contributed by atoms with Crippen molar-refractivity contribution >= 4 is 5.78 Å². The zero-order valence-corrected chi connectivity index (χ0v) is 7.74. The molecule has 2 heterocycles. The van der Waals surface area contributed by atoms with Crippen molar-refractivity contribution in [3.05, 3.63) is 11.9 Å². The van der Waals surface area contributed by atoms with Gasteiger partial charge in [0, 0.05) is 20.1 Å². The highest BCUT2D eigenvalue weighted by Crippen LogP contribution is 2.25. The van der Waals surface area contributed by atoms with Crippen LogP contribution in [0, 0.1) is 5.41 Å². The predicted molar refractivity (Wildman–Crippen MR) is 46.3 cm³/mol. The number of nitrogens with one attached hydrogen (secondary N) is 1. The van der Waals surface area contributed by atoms with Crippen LogP contribution in [0.2, 0.25) is 0 Å². The fraction of sp³-hybridized carbons (Fsp3) is 0.625. The summed E-state index contributed by atoms with van der Waals surface area (Å²) in [6.07, 6.45) is 1.52. The number of carbonyl (C=O) groups excluding carboxylic acids is 1. The number of hydrogen-bond donors (Lipinski definition) is 1. The number of Topliss-reactive ketones (excluding diaryl/α,β-unsaturated/α-hetero) is 1. The number of aryl methyl sites for hydroxylation is 1. The Kier molecular flexibility index (Phi) is 1.69. The molecule has 0 aromatic carbocycles. The van der Waals surface area contributed by atoms with Gasteiger partial charge in [-0.25, -0.2) is 0 Å². The van der Waals surface area contributed by atoms with E-state index in [2.05, 4.69) is 15.5 Å². The third-order valence-corrected chi connectivity index (χ3v) is 2.41. The molecule has 0 amide bonds. The van der Waals surface area contributed by atoms with Gasteiger partial charge in [0.25, 0.3) is 0 Å². The van der Waals surface area contributed by atoms with Crippen molar-refractivity contribution < 1.29 is 4.79 Å². The maximum absolute atomic E-state index is 11.8. The lowest BCUT2D eigenvalue weighted by Crippen LogP contribution is -2.56. The van der Waals surface area contributed by atoms with Crippen molar-refractivity contribution in [2.24, 2.45) is 12.5 Å². The molecule has 2 rings (SSSR count). The molecule has 0 saturated carbocycles. The molecule has 1 saturated heterocycles. The van der Waals surface area contributed by atoms with Crippen LogP contribution < -0.4 is 5.32 Å². The van der Waals surface area contributed by atoms with Crippen LogP contribution >= 0.6 is 0 Å². The van der Waals surface area contributed by atoms with E-state index in [0.29, 0.717) is 5.69 Å². The largest absolute Gasteiger partial charge is 0.315 e. The molecule has 0 radical (unpaired) electrons. The maximum atomic E-state index is 11.8. The summed E-state index contributed by atoms with van der Waals surface area (Å²) in [5.41, 5.74) is 0.197. The molecule has 1 aliphatic heterocycles. The zero-order chi connectivity index (χ0) is 9.47. The second kappa shape index (κ2) is 2.63. The Balaban J connectivity index is 2.22.